The summed E-state index contributed by atoms with van der Waals surface area (Å²) in [5.41, 5.74) is 4.08. The Morgan fingerprint density at radius 3 is 2.58 bits per heavy atom. The molecule has 1 heterocycles. The van der Waals surface area contributed by atoms with Crippen LogP contribution in [0.2, 0.25) is 0 Å². The molecular formula is C27H27FN2O. The molecule has 0 spiro atoms. The van der Waals surface area contributed by atoms with Crippen molar-refractivity contribution < 1.29 is 9.18 Å². The van der Waals surface area contributed by atoms with E-state index in [9.17, 15) is 9.18 Å². The maximum absolute atomic E-state index is 14.0. The fourth-order valence-electron chi connectivity index (χ4n) is 4.13. The summed E-state index contributed by atoms with van der Waals surface area (Å²) in [7, 11) is 0. The maximum Gasteiger partial charge on any atom is 0.221 e. The minimum atomic E-state index is -0.293. The fraction of sp³-hybridized carbons (Fsp3) is 0.222. The SMILES string of the molecule is C[C@H](CCc1ccccc1)NC(=O)C[C@@H](c1cccc(F)c1)c1c[nH]c2ccccc12. The van der Waals surface area contributed by atoms with Crippen LogP contribution in [0.5, 0.6) is 0 Å². The summed E-state index contributed by atoms with van der Waals surface area (Å²) in [5, 5.41) is 4.19. The van der Waals surface area contributed by atoms with Crippen molar-refractivity contribution in [3.05, 3.63) is 108 Å². The second-order valence-corrected chi connectivity index (χ2v) is 8.09. The molecule has 2 atom stereocenters. The molecule has 3 aromatic carbocycles. The number of aromatic nitrogens is 1. The van der Waals surface area contributed by atoms with E-state index in [0.29, 0.717) is 0 Å². The molecule has 0 aliphatic rings. The second-order valence-electron chi connectivity index (χ2n) is 8.09. The van der Waals surface area contributed by atoms with Gasteiger partial charge in [-0.2, -0.15) is 0 Å². The molecule has 0 fully saturated rings. The van der Waals surface area contributed by atoms with Crippen LogP contribution in [-0.4, -0.2) is 16.9 Å². The number of carbonyl (C=O) groups excluding carboxylic acids is 1. The van der Waals surface area contributed by atoms with Crippen LogP contribution in [0.4, 0.5) is 4.39 Å². The van der Waals surface area contributed by atoms with Crippen molar-refractivity contribution in [3.63, 3.8) is 0 Å². The van der Waals surface area contributed by atoms with Gasteiger partial charge in [-0.1, -0.05) is 60.7 Å². The summed E-state index contributed by atoms with van der Waals surface area (Å²) in [5.74, 6) is -0.549. The highest BCUT2D eigenvalue weighted by Gasteiger charge is 2.22. The lowest BCUT2D eigenvalue weighted by atomic mass is 9.88. The zero-order valence-electron chi connectivity index (χ0n) is 17.6. The summed E-state index contributed by atoms with van der Waals surface area (Å²) in [6.45, 7) is 2.03. The Morgan fingerprint density at radius 2 is 1.77 bits per heavy atom. The first-order valence-corrected chi connectivity index (χ1v) is 10.7. The predicted octanol–water partition coefficient (Wildman–Crippen LogP) is 5.97. The lowest BCUT2D eigenvalue weighted by molar-refractivity contribution is -0.121. The number of hydrogen-bond acceptors (Lipinski definition) is 1. The van der Waals surface area contributed by atoms with Gasteiger partial charge in [0.1, 0.15) is 5.82 Å². The van der Waals surface area contributed by atoms with E-state index in [1.54, 1.807) is 6.07 Å². The normalized spacial score (nSPS) is 13.1. The van der Waals surface area contributed by atoms with Gasteiger partial charge >= 0.3 is 0 Å². The van der Waals surface area contributed by atoms with Crippen molar-refractivity contribution in [1.82, 2.24) is 10.3 Å². The number of H-pyrrole nitrogens is 1. The molecule has 0 radical (unpaired) electrons. The molecular weight excluding hydrogens is 387 g/mol. The Labute approximate surface area is 182 Å². The molecule has 0 unspecified atom stereocenters. The van der Waals surface area contributed by atoms with Gasteiger partial charge in [0.05, 0.1) is 0 Å². The zero-order chi connectivity index (χ0) is 21.6. The van der Waals surface area contributed by atoms with E-state index >= 15 is 0 Å². The van der Waals surface area contributed by atoms with Gasteiger partial charge in [0.15, 0.2) is 0 Å². The lowest BCUT2D eigenvalue weighted by Crippen LogP contribution is -2.33. The first-order valence-electron chi connectivity index (χ1n) is 10.7. The third-order valence-electron chi connectivity index (χ3n) is 5.75. The van der Waals surface area contributed by atoms with Gasteiger partial charge in [-0.3, -0.25) is 4.79 Å². The number of rotatable bonds is 8. The van der Waals surface area contributed by atoms with E-state index in [1.807, 2.05) is 61.7 Å². The van der Waals surface area contributed by atoms with E-state index in [-0.39, 0.29) is 30.1 Å². The average molecular weight is 415 g/mol. The largest absolute Gasteiger partial charge is 0.361 e. The topological polar surface area (TPSA) is 44.9 Å². The van der Waals surface area contributed by atoms with Crippen LogP contribution in [0.25, 0.3) is 10.9 Å². The van der Waals surface area contributed by atoms with E-state index in [0.717, 1.165) is 34.9 Å². The summed E-state index contributed by atoms with van der Waals surface area (Å²) < 4.78 is 14.0. The van der Waals surface area contributed by atoms with Crippen LogP contribution >= 0.6 is 0 Å². The van der Waals surface area contributed by atoms with Gasteiger partial charge < -0.3 is 10.3 Å². The van der Waals surface area contributed by atoms with Crippen LogP contribution in [0.3, 0.4) is 0 Å². The highest BCUT2D eigenvalue weighted by atomic mass is 19.1. The second kappa shape index (κ2) is 9.61. The number of aryl methyl sites for hydroxylation is 1. The molecule has 4 aromatic rings. The van der Waals surface area contributed by atoms with Crippen molar-refractivity contribution in [1.29, 1.82) is 0 Å². The van der Waals surface area contributed by atoms with Gasteiger partial charge in [-0.25, -0.2) is 4.39 Å². The number of para-hydroxylation sites is 1. The zero-order valence-corrected chi connectivity index (χ0v) is 17.6. The summed E-state index contributed by atoms with van der Waals surface area (Å²) >= 11 is 0. The van der Waals surface area contributed by atoms with Crippen LogP contribution in [0.1, 0.15) is 42.4 Å². The van der Waals surface area contributed by atoms with Crippen LogP contribution < -0.4 is 5.32 Å². The smallest absolute Gasteiger partial charge is 0.221 e. The van der Waals surface area contributed by atoms with Crippen molar-refractivity contribution in [2.24, 2.45) is 0 Å². The Bertz CT molecular complexity index is 1150. The van der Waals surface area contributed by atoms with Crippen LogP contribution in [0.15, 0.2) is 85.1 Å². The molecule has 0 aliphatic carbocycles. The molecule has 4 heteroatoms. The molecule has 31 heavy (non-hydrogen) atoms. The molecule has 1 amide bonds. The third kappa shape index (κ3) is 5.21. The van der Waals surface area contributed by atoms with Crippen LogP contribution in [0, 0.1) is 5.82 Å². The maximum atomic E-state index is 14.0. The minimum Gasteiger partial charge on any atom is -0.361 e. The molecule has 2 N–H and O–H groups in total. The Hall–Kier alpha value is -3.40. The molecule has 1 aromatic heterocycles. The van der Waals surface area contributed by atoms with Crippen molar-refractivity contribution in [2.75, 3.05) is 0 Å². The van der Waals surface area contributed by atoms with Gasteiger partial charge in [0.25, 0.3) is 0 Å². The Kier molecular flexibility index (Phi) is 6.46. The molecule has 0 saturated carbocycles. The number of halogens is 1. The molecule has 0 saturated heterocycles. The first-order chi connectivity index (χ1) is 15.1. The Balaban J connectivity index is 1.50. The number of fused-ring (bicyclic) bond motifs is 1. The average Bonchev–Trinajstić information content (AvgIpc) is 3.21. The number of carbonyl (C=O) groups is 1. The standard InChI is InChI=1S/C27H27FN2O/c1-19(14-15-20-8-3-2-4-9-20)30-27(31)17-24(21-10-7-11-22(28)16-21)25-18-29-26-13-6-5-12-23(25)26/h2-13,16,18-19,24,29H,14-15,17H2,1H3,(H,30,31)/t19-,24+/m1/s1. The quantitative estimate of drug-likeness (QED) is 0.367. The molecule has 0 bridgehead atoms. The van der Waals surface area contributed by atoms with Gasteiger partial charge in [-0.15, -0.1) is 0 Å². The fourth-order valence-corrected chi connectivity index (χ4v) is 4.13. The van der Waals surface area contributed by atoms with Crippen molar-refractivity contribution >= 4 is 16.8 Å². The van der Waals surface area contributed by atoms with Gasteiger partial charge in [0.2, 0.25) is 5.91 Å². The third-order valence-corrected chi connectivity index (χ3v) is 5.75. The van der Waals surface area contributed by atoms with E-state index < -0.39 is 0 Å². The highest BCUT2D eigenvalue weighted by Crippen LogP contribution is 2.33. The van der Waals surface area contributed by atoms with Gasteiger partial charge in [0, 0.05) is 35.5 Å². The number of benzene rings is 3. The minimum absolute atomic E-state index is 0.0277. The van der Waals surface area contributed by atoms with E-state index in [4.69, 9.17) is 0 Å². The summed E-state index contributed by atoms with van der Waals surface area (Å²) in [6, 6.07) is 24.9. The van der Waals surface area contributed by atoms with Crippen LogP contribution in [-0.2, 0) is 11.2 Å². The molecule has 3 nitrogen and oxygen atoms in total. The highest BCUT2D eigenvalue weighted by molar-refractivity contribution is 5.86. The molecule has 158 valence electrons. The van der Waals surface area contributed by atoms with Crippen molar-refractivity contribution in [3.8, 4) is 0 Å². The van der Waals surface area contributed by atoms with Gasteiger partial charge in [-0.05, 0) is 54.7 Å². The summed E-state index contributed by atoms with van der Waals surface area (Å²) in [4.78, 5) is 16.2. The lowest BCUT2D eigenvalue weighted by Gasteiger charge is -2.20. The van der Waals surface area contributed by atoms with E-state index in [2.05, 4.69) is 22.4 Å². The van der Waals surface area contributed by atoms with E-state index in [1.165, 1.54) is 17.7 Å². The molecule has 0 aliphatic heterocycles. The first kappa shape index (κ1) is 20.9. The number of amides is 1. The molecule has 4 rings (SSSR count). The van der Waals surface area contributed by atoms with Crippen molar-refractivity contribution in [2.45, 2.75) is 38.1 Å². The predicted molar refractivity (Wildman–Crippen MR) is 124 cm³/mol. The number of nitrogens with one attached hydrogen (secondary N) is 2. The number of hydrogen-bond donors (Lipinski definition) is 2. The monoisotopic (exact) mass is 414 g/mol. The summed E-state index contributed by atoms with van der Waals surface area (Å²) in [6.07, 6.45) is 3.98. The Morgan fingerprint density at radius 1 is 1.00 bits per heavy atom. The number of aromatic amines is 1.